The average molecular weight is 196 g/mol. The van der Waals surface area contributed by atoms with E-state index in [0.717, 1.165) is 31.8 Å². The monoisotopic (exact) mass is 195 g/mol. The molecular formula is C11H14ClN. The van der Waals surface area contributed by atoms with Gasteiger partial charge in [0.15, 0.2) is 0 Å². The first-order chi connectivity index (χ1) is 6.40. The summed E-state index contributed by atoms with van der Waals surface area (Å²) in [5, 5.41) is 3.34. The van der Waals surface area contributed by atoms with Gasteiger partial charge in [-0.1, -0.05) is 18.2 Å². The molecule has 0 spiro atoms. The molecule has 1 aromatic carbocycles. The lowest BCUT2D eigenvalue weighted by atomic mass is 10.0. The van der Waals surface area contributed by atoms with Gasteiger partial charge in [-0.25, -0.2) is 0 Å². The molecule has 0 fully saturated rings. The van der Waals surface area contributed by atoms with Crippen LogP contribution in [0, 0.1) is 0 Å². The highest BCUT2D eigenvalue weighted by Crippen LogP contribution is 2.17. The topological polar surface area (TPSA) is 12.0 Å². The number of rotatable bonds is 3. The van der Waals surface area contributed by atoms with E-state index < -0.39 is 0 Å². The summed E-state index contributed by atoms with van der Waals surface area (Å²) in [6, 6.07) is 6.76. The summed E-state index contributed by atoms with van der Waals surface area (Å²) in [5.41, 5.74) is 4.34. The van der Waals surface area contributed by atoms with E-state index in [0.29, 0.717) is 0 Å². The number of aryl methyl sites for hydroxylation is 1. The Balaban J connectivity index is 2.12. The maximum Gasteiger partial charge on any atom is 0.0226 e. The largest absolute Gasteiger partial charge is 0.309 e. The van der Waals surface area contributed by atoms with Crippen LogP contribution in [0.5, 0.6) is 0 Å². The van der Waals surface area contributed by atoms with Crippen molar-refractivity contribution in [3.8, 4) is 0 Å². The van der Waals surface area contributed by atoms with Crippen LogP contribution in [0.15, 0.2) is 18.2 Å². The number of alkyl halides is 1. The smallest absolute Gasteiger partial charge is 0.0226 e. The summed E-state index contributed by atoms with van der Waals surface area (Å²) in [4.78, 5) is 0. The van der Waals surface area contributed by atoms with Crippen molar-refractivity contribution in [2.75, 3.05) is 5.88 Å². The van der Waals surface area contributed by atoms with E-state index in [9.17, 15) is 0 Å². The summed E-state index contributed by atoms with van der Waals surface area (Å²) in [6.45, 7) is 2.06. The molecule has 0 radical (unpaired) electrons. The van der Waals surface area contributed by atoms with Crippen LogP contribution < -0.4 is 5.32 Å². The maximum atomic E-state index is 5.66. The fourth-order valence-corrected chi connectivity index (χ4v) is 1.91. The molecule has 1 nitrogen and oxygen atoms in total. The van der Waals surface area contributed by atoms with Crippen molar-refractivity contribution in [3.63, 3.8) is 0 Å². The van der Waals surface area contributed by atoms with Gasteiger partial charge in [-0.05, 0) is 29.5 Å². The van der Waals surface area contributed by atoms with Gasteiger partial charge in [-0.3, -0.25) is 0 Å². The molecule has 0 bridgehead atoms. The molecule has 0 unspecified atom stereocenters. The lowest BCUT2D eigenvalue weighted by molar-refractivity contribution is 0.764. The number of hydrogen-bond donors (Lipinski definition) is 1. The van der Waals surface area contributed by atoms with Crippen molar-refractivity contribution in [1.82, 2.24) is 5.32 Å². The number of hydrogen-bond acceptors (Lipinski definition) is 1. The standard InChI is InChI=1S/C11H14ClN/c12-5-1-2-9-3-4-10-7-13-8-11(10)6-9/h3-4,6,13H,1-2,5,7-8H2. The van der Waals surface area contributed by atoms with Crippen LogP contribution in [0.2, 0.25) is 0 Å². The summed E-state index contributed by atoms with van der Waals surface area (Å²) >= 11 is 5.66. The van der Waals surface area contributed by atoms with Crippen molar-refractivity contribution in [3.05, 3.63) is 34.9 Å². The van der Waals surface area contributed by atoms with E-state index in [-0.39, 0.29) is 0 Å². The van der Waals surface area contributed by atoms with Gasteiger partial charge >= 0.3 is 0 Å². The van der Waals surface area contributed by atoms with Gasteiger partial charge in [0.2, 0.25) is 0 Å². The minimum absolute atomic E-state index is 0.759. The fourth-order valence-electron chi connectivity index (χ4n) is 1.77. The normalized spacial score (nSPS) is 14.5. The van der Waals surface area contributed by atoms with Gasteiger partial charge in [0.05, 0.1) is 0 Å². The van der Waals surface area contributed by atoms with Crippen molar-refractivity contribution in [2.24, 2.45) is 0 Å². The van der Waals surface area contributed by atoms with Crippen molar-refractivity contribution in [1.29, 1.82) is 0 Å². The molecular weight excluding hydrogens is 182 g/mol. The lowest BCUT2D eigenvalue weighted by Crippen LogP contribution is -1.99. The molecule has 1 N–H and O–H groups in total. The molecule has 1 aliphatic heterocycles. The Hall–Kier alpha value is -0.530. The highest BCUT2D eigenvalue weighted by Gasteiger charge is 2.09. The molecule has 2 rings (SSSR count). The van der Waals surface area contributed by atoms with Crippen LogP contribution in [0.1, 0.15) is 23.1 Å². The minimum Gasteiger partial charge on any atom is -0.309 e. The number of halogens is 1. The first kappa shape index (κ1) is 9.04. The Kier molecular flexibility index (Phi) is 2.87. The van der Waals surface area contributed by atoms with E-state index in [1.165, 1.54) is 16.7 Å². The molecule has 0 saturated heterocycles. The summed E-state index contributed by atoms with van der Waals surface area (Å²) in [7, 11) is 0. The van der Waals surface area contributed by atoms with E-state index in [4.69, 9.17) is 11.6 Å². The third kappa shape index (κ3) is 2.04. The first-order valence-corrected chi connectivity index (χ1v) is 5.31. The molecule has 0 aromatic heterocycles. The zero-order valence-electron chi connectivity index (χ0n) is 7.65. The second-order valence-electron chi connectivity index (χ2n) is 3.50. The Morgan fingerprint density at radius 1 is 1.23 bits per heavy atom. The maximum absolute atomic E-state index is 5.66. The molecule has 70 valence electrons. The molecule has 13 heavy (non-hydrogen) atoms. The van der Waals surface area contributed by atoms with Gasteiger partial charge in [-0.2, -0.15) is 0 Å². The Labute approximate surface area is 84.1 Å². The average Bonchev–Trinajstić information content (AvgIpc) is 2.61. The minimum atomic E-state index is 0.759. The van der Waals surface area contributed by atoms with E-state index >= 15 is 0 Å². The third-order valence-corrected chi connectivity index (χ3v) is 2.77. The van der Waals surface area contributed by atoms with E-state index in [2.05, 4.69) is 23.5 Å². The van der Waals surface area contributed by atoms with Crippen LogP contribution in [0.25, 0.3) is 0 Å². The number of nitrogens with one attached hydrogen (secondary N) is 1. The highest BCUT2D eigenvalue weighted by molar-refractivity contribution is 6.17. The fraction of sp³-hybridized carbons (Fsp3) is 0.455. The second kappa shape index (κ2) is 4.12. The Morgan fingerprint density at radius 2 is 2.08 bits per heavy atom. The molecule has 0 saturated carbocycles. The van der Waals surface area contributed by atoms with Crippen molar-refractivity contribution in [2.45, 2.75) is 25.9 Å². The van der Waals surface area contributed by atoms with Crippen LogP contribution in [-0.2, 0) is 19.5 Å². The molecule has 2 heteroatoms. The zero-order chi connectivity index (χ0) is 9.10. The van der Waals surface area contributed by atoms with Crippen LogP contribution >= 0.6 is 11.6 Å². The summed E-state index contributed by atoms with van der Waals surface area (Å²) in [6.07, 6.45) is 2.19. The molecule has 1 aromatic rings. The van der Waals surface area contributed by atoms with Crippen molar-refractivity contribution >= 4 is 11.6 Å². The quantitative estimate of drug-likeness (QED) is 0.731. The zero-order valence-corrected chi connectivity index (χ0v) is 8.40. The predicted molar refractivity (Wildman–Crippen MR) is 56.0 cm³/mol. The van der Waals surface area contributed by atoms with E-state index in [1.807, 2.05) is 0 Å². The first-order valence-electron chi connectivity index (χ1n) is 4.77. The summed E-state index contributed by atoms with van der Waals surface area (Å²) in [5.74, 6) is 0.759. The Bertz CT molecular complexity index is 296. The molecule has 1 heterocycles. The Morgan fingerprint density at radius 3 is 2.92 bits per heavy atom. The van der Waals surface area contributed by atoms with Gasteiger partial charge in [0.25, 0.3) is 0 Å². The lowest BCUT2D eigenvalue weighted by Gasteiger charge is -2.02. The van der Waals surface area contributed by atoms with Gasteiger partial charge in [0, 0.05) is 19.0 Å². The number of benzene rings is 1. The molecule has 0 atom stereocenters. The van der Waals surface area contributed by atoms with Crippen LogP contribution in [0.4, 0.5) is 0 Å². The van der Waals surface area contributed by atoms with Gasteiger partial charge in [-0.15, -0.1) is 11.6 Å². The van der Waals surface area contributed by atoms with Crippen LogP contribution in [0.3, 0.4) is 0 Å². The van der Waals surface area contributed by atoms with Gasteiger partial charge < -0.3 is 5.32 Å². The van der Waals surface area contributed by atoms with Gasteiger partial charge in [0.1, 0.15) is 0 Å². The molecule has 1 aliphatic rings. The second-order valence-corrected chi connectivity index (χ2v) is 3.88. The molecule has 0 amide bonds. The van der Waals surface area contributed by atoms with E-state index in [1.54, 1.807) is 0 Å². The summed E-state index contributed by atoms with van der Waals surface area (Å²) < 4.78 is 0. The SMILES string of the molecule is ClCCCc1ccc2c(c1)CNC2. The molecule has 0 aliphatic carbocycles. The third-order valence-electron chi connectivity index (χ3n) is 2.50. The highest BCUT2D eigenvalue weighted by atomic mass is 35.5. The number of fused-ring (bicyclic) bond motifs is 1. The predicted octanol–water partition coefficient (Wildman–Crippen LogP) is 2.46. The van der Waals surface area contributed by atoms with Crippen LogP contribution in [-0.4, -0.2) is 5.88 Å². The van der Waals surface area contributed by atoms with Crippen molar-refractivity contribution < 1.29 is 0 Å².